The van der Waals surface area contributed by atoms with Crippen LogP contribution in [0.1, 0.15) is 24.0 Å². The van der Waals surface area contributed by atoms with Crippen LogP contribution in [-0.2, 0) is 6.54 Å². The smallest absolute Gasteiger partial charge is 0.130 e. The molecule has 0 amide bonds. The first-order chi connectivity index (χ1) is 14.6. The molecule has 30 heavy (non-hydrogen) atoms. The minimum Gasteiger partial charge on any atom is -0.497 e. The summed E-state index contributed by atoms with van der Waals surface area (Å²) in [6.07, 6.45) is 4.69. The van der Waals surface area contributed by atoms with Crippen LogP contribution in [0, 0.1) is 0 Å². The number of likely N-dealkylation sites (tertiary alicyclic amines) is 1. The van der Waals surface area contributed by atoms with E-state index in [2.05, 4.69) is 53.3 Å². The van der Waals surface area contributed by atoms with E-state index in [1.165, 1.54) is 24.0 Å². The van der Waals surface area contributed by atoms with Crippen molar-refractivity contribution in [2.75, 3.05) is 47.5 Å². The van der Waals surface area contributed by atoms with E-state index in [-0.39, 0.29) is 0 Å². The number of benzene rings is 2. The van der Waals surface area contributed by atoms with Gasteiger partial charge in [0.25, 0.3) is 0 Å². The molecular formula is C25H32N2O3. The Morgan fingerprint density at radius 1 is 0.967 bits per heavy atom. The number of methoxy groups -OCH3 is 2. The van der Waals surface area contributed by atoms with Crippen molar-refractivity contribution in [3.63, 3.8) is 0 Å². The lowest BCUT2D eigenvalue weighted by molar-refractivity contribution is 0.121. The van der Waals surface area contributed by atoms with Crippen molar-refractivity contribution < 1.29 is 14.2 Å². The lowest BCUT2D eigenvalue weighted by atomic mass is 10.0. The molecule has 160 valence electrons. The average molecular weight is 409 g/mol. The van der Waals surface area contributed by atoms with Gasteiger partial charge in [0.2, 0.25) is 0 Å². The van der Waals surface area contributed by atoms with Crippen LogP contribution in [0.4, 0.5) is 0 Å². The lowest BCUT2D eigenvalue weighted by Crippen LogP contribution is -2.44. The Hall–Kier alpha value is -2.50. The molecule has 2 aromatic rings. The molecule has 2 aliphatic rings. The van der Waals surface area contributed by atoms with E-state index in [1.807, 2.05) is 12.1 Å². The zero-order chi connectivity index (χ0) is 20.9. The van der Waals surface area contributed by atoms with Crippen molar-refractivity contribution in [2.24, 2.45) is 0 Å². The second kappa shape index (κ2) is 9.54. The summed E-state index contributed by atoms with van der Waals surface area (Å²) >= 11 is 0. The predicted octanol–water partition coefficient (Wildman–Crippen LogP) is 4.08. The van der Waals surface area contributed by atoms with E-state index in [0.29, 0.717) is 12.6 Å². The van der Waals surface area contributed by atoms with Crippen LogP contribution in [0.5, 0.6) is 17.2 Å². The highest BCUT2D eigenvalue weighted by atomic mass is 16.5. The first-order valence-corrected chi connectivity index (χ1v) is 10.7. The zero-order valence-electron chi connectivity index (χ0n) is 18.3. The standard InChI is InChI=1S/C25H32N2O3/c1-26-12-10-22(11-13-26)27(16-19-4-7-23(28-2)8-5-19)17-20-14-21-6-9-24(29-3)15-25(21)30-18-20/h4-9,14-15,22H,10-13,16-18H2,1-3H3. The number of nitrogens with zero attached hydrogens (tertiary/aromatic N) is 2. The van der Waals surface area contributed by atoms with Gasteiger partial charge in [0.05, 0.1) is 14.2 Å². The molecule has 2 aromatic carbocycles. The molecule has 0 N–H and O–H groups in total. The van der Waals surface area contributed by atoms with Gasteiger partial charge in [-0.1, -0.05) is 12.1 Å². The molecule has 1 fully saturated rings. The second-order valence-corrected chi connectivity index (χ2v) is 8.28. The molecule has 0 aliphatic carbocycles. The fourth-order valence-corrected chi connectivity index (χ4v) is 4.31. The predicted molar refractivity (Wildman–Crippen MR) is 120 cm³/mol. The maximum atomic E-state index is 6.06. The molecule has 5 nitrogen and oxygen atoms in total. The Bertz CT molecular complexity index is 870. The molecular weight excluding hydrogens is 376 g/mol. The van der Waals surface area contributed by atoms with E-state index in [9.17, 15) is 0 Å². The van der Waals surface area contributed by atoms with E-state index in [0.717, 1.165) is 49.0 Å². The first kappa shape index (κ1) is 20.8. The third kappa shape index (κ3) is 4.97. The van der Waals surface area contributed by atoms with Crippen LogP contribution in [0.15, 0.2) is 48.0 Å². The molecule has 0 bridgehead atoms. The van der Waals surface area contributed by atoms with Crippen LogP contribution >= 0.6 is 0 Å². The van der Waals surface area contributed by atoms with Crippen molar-refractivity contribution in [3.8, 4) is 17.2 Å². The molecule has 1 saturated heterocycles. The van der Waals surface area contributed by atoms with Gasteiger partial charge in [0, 0.05) is 30.8 Å². The van der Waals surface area contributed by atoms with Gasteiger partial charge in [0.15, 0.2) is 0 Å². The molecule has 0 radical (unpaired) electrons. The molecule has 0 saturated carbocycles. The van der Waals surface area contributed by atoms with Crippen molar-refractivity contribution in [2.45, 2.75) is 25.4 Å². The fraction of sp³-hybridized carbons (Fsp3) is 0.440. The third-order valence-electron chi connectivity index (χ3n) is 6.15. The summed E-state index contributed by atoms with van der Waals surface area (Å²) in [5, 5.41) is 0. The summed E-state index contributed by atoms with van der Waals surface area (Å²) in [6, 6.07) is 15.1. The largest absolute Gasteiger partial charge is 0.497 e. The Labute approximate surface area is 179 Å². The maximum Gasteiger partial charge on any atom is 0.130 e. The average Bonchev–Trinajstić information content (AvgIpc) is 2.79. The number of piperidine rings is 1. The Morgan fingerprint density at radius 2 is 1.67 bits per heavy atom. The quantitative estimate of drug-likeness (QED) is 0.690. The molecule has 0 aromatic heterocycles. The van der Waals surface area contributed by atoms with E-state index in [1.54, 1.807) is 14.2 Å². The highest BCUT2D eigenvalue weighted by Gasteiger charge is 2.25. The van der Waals surface area contributed by atoms with Gasteiger partial charge in [-0.2, -0.15) is 0 Å². The zero-order valence-corrected chi connectivity index (χ0v) is 18.3. The molecule has 0 unspecified atom stereocenters. The molecule has 0 atom stereocenters. The lowest BCUT2D eigenvalue weighted by Gasteiger charge is -2.38. The van der Waals surface area contributed by atoms with Gasteiger partial charge in [-0.15, -0.1) is 0 Å². The summed E-state index contributed by atoms with van der Waals surface area (Å²) in [5.41, 5.74) is 3.77. The minimum atomic E-state index is 0.585. The van der Waals surface area contributed by atoms with Crippen molar-refractivity contribution in [1.82, 2.24) is 9.80 Å². The van der Waals surface area contributed by atoms with Crippen LogP contribution in [0.2, 0.25) is 0 Å². The van der Waals surface area contributed by atoms with E-state index in [4.69, 9.17) is 14.2 Å². The van der Waals surface area contributed by atoms with Crippen LogP contribution in [-0.4, -0.2) is 63.4 Å². The highest BCUT2D eigenvalue weighted by Crippen LogP contribution is 2.31. The summed E-state index contributed by atoms with van der Waals surface area (Å²) in [6.45, 7) is 4.80. The molecule has 4 rings (SSSR count). The van der Waals surface area contributed by atoms with Gasteiger partial charge in [-0.25, -0.2) is 0 Å². The van der Waals surface area contributed by atoms with Crippen molar-refractivity contribution >= 4 is 6.08 Å². The molecule has 2 aliphatic heterocycles. The van der Waals surface area contributed by atoms with Gasteiger partial charge >= 0.3 is 0 Å². The Kier molecular flexibility index (Phi) is 6.60. The SMILES string of the molecule is COc1ccc(CN(CC2=Cc3ccc(OC)cc3OC2)C2CCN(C)CC2)cc1. The van der Waals surface area contributed by atoms with Gasteiger partial charge in [0.1, 0.15) is 23.9 Å². The maximum absolute atomic E-state index is 6.06. The summed E-state index contributed by atoms with van der Waals surface area (Å²) < 4.78 is 16.7. The van der Waals surface area contributed by atoms with Gasteiger partial charge in [-0.05, 0) is 74.5 Å². The molecule has 0 spiro atoms. The summed E-state index contributed by atoms with van der Waals surface area (Å²) in [5.74, 6) is 2.64. The number of hydrogen-bond donors (Lipinski definition) is 0. The molecule has 2 heterocycles. The monoisotopic (exact) mass is 408 g/mol. The minimum absolute atomic E-state index is 0.585. The van der Waals surface area contributed by atoms with Crippen molar-refractivity contribution in [1.29, 1.82) is 0 Å². The van der Waals surface area contributed by atoms with Crippen LogP contribution < -0.4 is 14.2 Å². The van der Waals surface area contributed by atoms with Crippen molar-refractivity contribution in [3.05, 3.63) is 59.2 Å². The topological polar surface area (TPSA) is 34.2 Å². The Morgan fingerprint density at radius 3 is 2.37 bits per heavy atom. The summed E-state index contributed by atoms with van der Waals surface area (Å²) in [7, 11) is 5.61. The Balaban J connectivity index is 1.52. The number of ether oxygens (including phenoxy) is 3. The number of rotatable bonds is 7. The summed E-state index contributed by atoms with van der Waals surface area (Å²) in [4.78, 5) is 5.05. The molecule has 5 heteroatoms. The van der Waals surface area contributed by atoms with Crippen LogP contribution in [0.3, 0.4) is 0 Å². The highest BCUT2D eigenvalue weighted by molar-refractivity contribution is 5.64. The van der Waals surface area contributed by atoms with Gasteiger partial charge < -0.3 is 19.1 Å². The van der Waals surface area contributed by atoms with E-state index < -0.39 is 0 Å². The number of hydrogen-bond acceptors (Lipinski definition) is 5. The fourth-order valence-electron chi connectivity index (χ4n) is 4.31. The number of fused-ring (bicyclic) bond motifs is 1. The van der Waals surface area contributed by atoms with E-state index >= 15 is 0 Å². The third-order valence-corrected chi connectivity index (χ3v) is 6.15. The normalized spacial score (nSPS) is 17.3. The first-order valence-electron chi connectivity index (χ1n) is 10.7. The van der Waals surface area contributed by atoms with Crippen LogP contribution in [0.25, 0.3) is 6.08 Å². The second-order valence-electron chi connectivity index (χ2n) is 8.28. The van der Waals surface area contributed by atoms with Gasteiger partial charge in [-0.3, -0.25) is 4.90 Å².